The van der Waals surface area contributed by atoms with Crippen LogP contribution in [0.5, 0.6) is 5.75 Å². The van der Waals surface area contributed by atoms with Gasteiger partial charge in [-0.3, -0.25) is 4.79 Å². The van der Waals surface area contributed by atoms with E-state index in [1.807, 2.05) is 25.1 Å². The third kappa shape index (κ3) is 3.80. The molecule has 4 rings (SSSR count). The van der Waals surface area contributed by atoms with E-state index < -0.39 is 0 Å². The van der Waals surface area contributed by atoms with E-state index >= 15 is 0 Å². The van der Waals surface area contributed by atoms with Crippen molar-refractivity contribution in [1.29, 1.82) is 0 Å². The molecular formula is C19H15FN4O2S. The molecule has 0 saturated heterocycles. The van der Waals surface area contributed by atoms with Gasteiger partial charge in [0.15, 0.2) is 6.61 Å². The Hall–Kier alpha value is -3.26. The van der Waals surface area contributed by atoms with E-state index in [1.165, 1.54) is 23.5 Å². The molecule has 4 aromatic rings. The Balaban J connectivity index is 1.54. The Kier molecular flexibility index (Phi) is 4.55. The Bertz CT molecular complexity index is 1110. The maximum Gasteiger partial charge on any atom is 0.263 e. The van der Waals surface area contributed by atoms with Crippen molar-refractivity contribution in [3.63, 3.8) is 0 Å². The fraction of sp³-hybridized carbons (Fsp3) is 0.105. The molecule has 0 aliphatic heterocycles. The van der Waals surface area contributed by atoms with Crippen molar-refractivity contribution in [2.45, 2.75) is 6.92 Å². The van der Waals surface area contributed by atoms with E-state index in [9.17, 15) is 9.18 Å². The molecule has 27 heavy (non-hydrogen) atoms. The second-order valence-corrected chi connectivity index (χ2v) is 6.85. The number of amides is 1. The van der Waals surface area contributed by atoms with Crippen LogP contribution in [0.3, 0.4) is 0 Å². The number of benzene rings is 2. The van der Waals surface area contributed by atoms with E-state index in [0.29, 0.717) is 26.9 Å². The normalized spacial score (nSPS) is 10.9. The molecule has 0 fully saturated rings. The minimum atomic E-state index is -0.319. The van der Waals surface area contributed by atoms with Crippen molar-refractivity contribution in [3.05, 3.63) is 66.1 Å². The van der Waals surface area contributed by atoms with Crippen LogP contribution in [0.15, 0.2) is 54.6 Å². The largest absolute Gasteiger partial charge is 0.484 e. The first-order valence-electron chi connectivity index (χ1n) is 8.19. The highest BCUT2D eigenvalue weighted by Crippen LogP contribution is 2.27. The van der Waals surface area contributed by atoms with Gasteiger partial charge in [0.1, 0.15) is 17.4 Å². The quantitative estimate of drug-likeness (QED) is 0.568. The van der Waals surface area contributed by atoms with Gasteiger partial charge >= 0.3 is 0 Å². The number of para-hydroxylation sites is 1. The lowest BCUT2D eigenvalue weighted by Gasteiger charge is -2.08. The average Bonchev–Trinajstić information content (AvgIpc) is 3.23. The Morgan fingerprint density at radius 1 is 1.22 bits per heavy atom. The predicted octanol–water partition coefficient (Wildman–Crippen LogP) is 3.95. The van der Waals surface area contributed by atoms with Gasteiger partial charge in [-0.15, -0.1) is 0 Å². The van der Waals surface area contributed by atoms with E-state index in [-0.39, 0.29) is 18.3 Å². The average molecular weight is 382 g/mol. The number of aromatic nitrogens is 3. The summed E-state index contributed by atoms with van der Waals surface area (Å²) in [6.07, 6.45) is 0. The molecule has 2 heterocycles. The summed E-state index contributed by atoms with van der Waals surface area (Å²) in [5.41, 5.74) is 1.40. The zero-order valence-corrected chi connectivity index (χ0v) is 15.2. The van der Waals surface area contributed by atoms with E-state index in [1.54, 1.807) is 28.9 Å². The summed E-state index contributed by atoms with van der Waals surface area (Å²) in [7, 11) is 0. The van der Waals surface area contributed by atoms with Crippen LogP contribution in [0.1, 0.15) is 5.69 Å². The van der Waals surface area contributed by atoms with Crippen molar-refractivity contribution in [2.75, 3.05) is 11.9 Å². The third-order valence-electron chi connectivity index (χ3n) is 3.73. The first-order valence-corrected chi connectivity index (χ1v) is 9.01. The summed E-state index contributed by atoms with van der Waals surface area (Å²) in [5.74, 6) is 0.465. The van der Waals surface area contributed by atoms with Gasteiger partial charge in [-0.2, -0.15) is 9.78 Å². The summed E-state index contributed by atoms with van der Waals surface area (Å²) < 4.78 is 21.1. The van der Waals surface area contributed by atoms with Crippen LogP contribution < -0.4 is 10.1 Å². The molecule has 0 radical (unpaired) electrons. The van der Waals surface area contributed by atoms with Gasteiger partial charge < -0.3 is 10.1 Å². The topological polar surface area (TPSA) is 69.0 Å². The Morgan fingerprint density at radius 3 is 2.85 bits per heavy atom. The summed E-state index contributed by atoms with van der Waals surface area (Å²) >= 11 is 1.30. The molecule has 1 amide bonds. The second kappa shape index (κ2) is 7.16. The van der Waals surface area contributed by atoms with Crippen LogP contribution in [0.4, 0.5) is 10.2 Å². The SMILES string of the molecule is Cc1cc(NC(=O)COc2ccccc2)n(-c2nc3ccc(F)cc3s2)n1. The minimum Gasteiger partial charge on any atom is -0.484 e. The zero-order valence-electron chi connectivity index (χ0n) is 14.3. The highest BCUT2D eigenvalue weighted by molar-refractivity contribution is 7.20. The van der Waals surface area contributed by atoms with Crippen molar-refractivity contribution in [1.82, 2.24) is 14.8 Å². The number of ether oxygens (including phenoxy) is 1. The van der Waals surface area contributed by atoms with Crippen LogP contribution in [0, 0.1) is 12.7 Å². The number of aryl methyl sites for hydroxylation is 1. The van der Waals surface area contributed by atoms with Crippen LogP contribution in [-0.2, 0) is 4.79 Å². The lowest BCUT2D eigenvalue weighted by molar-refractivity contribution is -0.118. The number of nitrogens with one attached hydrogen (secondary N) is 1. The van der Waals surface area contributed by atoms with Gasteiger partial charge in [-0.1, -0.05) is 29.5 Å². The summed E-state index contributed by atoms with van der Waals surface area (Å²) in [6, 6.07) is 15.3. The van der Waals surface area contributed by atoms with Crippen LogP contribution in [-0.4, -0.2) is 27.3 Å². The molecule has 2 aromatic heterocycles. The fourth-order valence-electron chi connectivity index (χ4n) is 2.56. The Morgan fingerprint density at radius 2 is 2.04 bits per heavy atom. The molecule has 0 bridgehead atoms. The molecule has 2 aromatic carbocycles. The number of halogens is 1. The smallest absolute Gasteiger partial charge is 0.263 e. The highest BCUT2D eigenvalue weighted by Gasteiger charge is 2.15. The zero-order chi connectivity index (χ0) is 18.8. The highest BCUT2D eigenvalue weighted by atomic mass is 32.1. The van der Waals surface area contributed by atoms with Crippen molar-refractivity contribution < 1.29 is 13.9 Å². The van der Waals surface area contributed by atoms with Gasteiger partial charge in [0.25, 0.3) is 5.91 Å². The number of rotatable bonds is 5. The molecule has 136 valence electrons. The molecule has 0 aliphatic rings. The van der Waals surface area contributed by atoms with Gasteiger partial charge in [0, 0.05) is 6.07 Å². The van der Waals surface area contributed by atoms with E-state index in [4.69, 9.17) is 4.74 Å². The molecule has 0 spiro atoms. The van der Waals surface area contributed by atoms with Crippen LogP contribution >= 0.6 is 11.3 Å². The summed E-state index contributed by atoms with van der Waals surface area (Å²) in [4.78, 5) is 16.7. The Labute approximate surface area is 158 Å². The lowest BCUT2D eigenvalue weighted by atomic mass is 10.3. The van der Waals surface area contributed by atoms with Crippen LogP contribution in [0.25, 0.3) is 15.3 Å². The van der Waals surface area contributed by atoms with Gasteiger partial charge in [0.05, 0.1) is 15.9 Å². The second-order valence-electron chi connectivity index (χ2n) is 5.84. The van der Waals surface area contributed by atoms with Gasteiger partial charge in [-0.25, -0.2) is 9.37 Å². The van der Waals surface area contributed by atoms with Crippen molar-refractivity contribution >= 4 is 33.3 Å². The van der Waals surface area contributed by atoms with Crippen molar-refractivity contribution in [2.24, 2.45) is 0 Å². The molecule has 8 heteroatoms. The van der Waals surface area contributed by atoms with Gasteiger partial charge in [0.2, 0.25) is 5.13 Å². The number of fused-ring (bicyclic) bond motifs is 1. The molecule has 0 unspecified atom stereocenters. The third-order valence-corrected chi connectivity index (χ3v) is 4.73. The first kappa shape index (κ1) is 17.2. The summed E-state index contributed by atoms with van der Waals surface area (Å²) in [6.45, 7) is 1.69. The standard InChI is InChI=1S/C19H15FN4O2S/c1-12-9-17(22-18(25)11-26-14-5-3-2-4-6-14)24(23-12)19-21-15-8-7-13(20)10-16(15)27-19/h2-10H,11H2,1H3,(H,22,25). The molecule has 1 N–H and O–H groups in total. The number of carbonyl (C=O) groups excluding carboxylic acids is 1. The number of nitrogens with zero attached hydrogens (tertiary/aromatic N) is 3. The number of hydrogen-bond acceptors (Lipinski definition) is 5. The monoisotopic (exact) mass is 382 g/mol. The number of thiazole rings is 1. The molecule has 0 aliphatic carbocycles. The summed E-state index contributed by atoms with van der Waals surface area (Å²) in [5, 5.41) is 7.71. The number of carbonyl (C=O) groups is 1. The molecular weight excluding hydrogens is 367 g/mol. The van der Waals surface area contributed by atoms with Crippen molar-refractivity contribution in [3.8, 4) is 10.9 Å². The predicted molar refractivity (Wildman–Crippen MR) is 102 cm³/mol. The fourth-order valence-corrected chi connectivity index (χ4v) is 3.51. The number of hydrogen-bond donors (Lipinski definition) is 1. The lowest BCUT2D eigenvalue weighted by Crippen LogP contribution is -2.21. The number of anilines is 1. The first-order chi connectivity index (χ1) is 13.1. The molecule has 6 nitrogen and oxygen atoms in total. The van der Waals surface area contributed by atoms with Crippen LogP contribution in [0.2, 0.25) is 0 Å². The molecule has 0 saturated carbocycles. The molecule has 0 atom stereocenters. The minimum absolute atomic E-state index is 0.126. The van der Waals surface area contributed by atoms with E-state index in [2.05, 4.69) is 15.4 Å². The maximum atomic E-state index is 13.4. The maximum absolute atomic E-state index is 13.4. The van der Waals surface area contributed by atoms with Gasteiger partial charge in [-0.05, 0) is 37.3 Å². The van der Waals surface area contributed by atoms with E-state index in [0.717, 1.165) is 5.69 Å².